The minimum atomic E-state index is 0.422. The molecule has 1 aliphatic carbocycles. The number of rotatable bonds is 6. The molecule has 2 heterocycles. The van der Waals surface area contributed by atoms with Gasteiger partial charge in [0.15, 0.2) is 5.96 Å². The summed E-state index contributed by atoms with van der Waals surface area (Å²) in [6.07, 6.45) is 6.77. The van der Waals surface area contributed by atoms with Crippen molar-refractivity contribution in [3.63, 3.8) is 0 Å². The minimum Gasteiger partial charge on any atom is -0.352 e. The molecule has 4 rings (SSSR count). The van der Waals surface area contributed by atoms with Crippen molar-refractivity contribution in [3.8, 4) is 11.4 Å². The predicted octanol–water partition coefficient (Wildman–Crippen LogP) is 3.32. The summed E-state index contributed by atoms with van der Waals surface area (Å²) in [5.41, 5.74) is 0.836. The third-order valence-electron chi connectivity index (χ3n) is 5.79. The zero-order valence-corrected chi connectivity index (χ0v) is 17.7. The molecule has 1 unspecified atom stereocenters. The number of guanidine groups is 1. The third-order valence-corrected chi connectivity index (χ3v) is 6.02. The number of aliphatic imine (C=N–C) groups is 1. The smallest absolute Gasteiger partial charge is 0.246 e. The summed E-state index contributed by atoms with van der Waals surface area (Å²) in [5.74, 6) is 2.71. The van der Waals surface area contributed by atoms with E-state index in [4.69, 9.17) is 16.1 Å². The van der Waals surface area contributed by atoms with Crippen molar-refractivity contribution in [2.75, 3.05) is 26.7 Å². The Morgan fingerprint density at radius 2 is 2.17 bits per heavy atom. The van der Waals surface area contributed by atoms with Crippen LogP contribution in [0.3, 0.4) is 0 Å². The molecule has 2 aliphatic rings. The monoisotopic (exact) mass is 416 g/mol. The Morgan fingerprint density at radius 3 is 2.97 bits per heavy atom. The minimum absolute atomic E-state index is 0.422. The zero-order chi connectivity index (χ0) is 20.1. The van der Waals surface area contributed by atoms with E-state index in [9.17, 15) is 0 Å². The highest BCUT2D eigenvalue weighted by Crippen LogP contribution is 2.26. The van der Waals surface area contributed by atoms with Crippen molar-refractivity contribution >= 4 is 17.6 Å². The Hall–Kier alpha value is -2.12. The van der Waals surface area contributed by atoms with Gasteiger partial charge in [-0.1, -0.05) is 41.7 Å². The average Bonchev–Trinajstić information content (AvgIpc) is 3.48. The Labute approximate surface area is 176 Å². The number of aromatic nitrogens is 2. The summed E-state index contributed by atoms with van der Waals surface area (Å²) < 4.78 is 5.36. The van der Waals surface area contributed by atoms with Crippen LogP contribution in [0.4, 0.5) is 0 Å². The fourth-order valence-electron chi connectivity index (χ4n) is 4.29. The van der Waals surface area contributed by atoms with Gasteiger partial charge in [0.2, 0.25) is 11.7 Å². The second-order valence-corrected chi connectivity index (χ2v) is 8.42. The van der Waals surface area contributed by atoms with Gasteiger partial charge >= 0.3 is 0 Å². The van der Waals surface area contributed by atoms with Crippen LogP contribution in [0.1, 0.15) is 38.0 Å². The average molecular weight is 417 g/mol. The molecule has 1 aromatic carbocycles. The van der Waals surface area contributed by atoms with Crippen LogP contribution in [0.25, 0.3) is 11.4 Å². The molecule has 0 spiro atoms. The normalized spacial score (nSPS) is 21.0. The van der Waals surface area contributed by atoms with E-state index in [0.717, 1.165) is 37.0 Å². The Bertz CT molecular complexity index is 832. The van der Waals surface area contributed by atoms with E-state index in [1.807, 2.05) is 24.3 Å². The van der Waals surface area contributed by atoms with Gasteiger partial charge in [0.05, 0.1) is 6.54 Å². The van der Waals surface area contributed by atoms with Crippen molar-refractivity contribution in [2.24, 2.45) is 10.9 Å². The van der Waals surface area contributed by atoms with Crippen LogP contribution < -0.4 is 10.6 Å². The van der Waals surface area contributed by atoms with Crippen LogP contribution in [0.2, 0.25) is 5.02 Å². The van der Waals surface area contributed by atoms with Crippen LogP contribution >= 0.6 is 11.6 Å². The SMILES string of the molecule is CN=C(NCc1nc(-c2cccc(Cl)c2)no1)NC1CCN(CC2CCCC2)C1. The van der Waals surface area contributed by atoms with E-state index < -0.39 is 0 Å². The maximum Gasteiger partial charge on any atom is 0.246 e. The van der Waals surface area contributed by atoms with Gasteiger partial charge in [-0.3, -0.25) is 4.99 Å². The summed E-state index contributed by atoms with van der Waals surface area (Å²) in [6, 6.07) is 7.84. The van der Waals surface area contributed by atoms with Crippen molar-refractivity contribution in [1.82, 2.24) is 25.7 Å². The lowest BCUT2D eigenvalue weighted by Gasteiger charge is -2.21. The lowest BCUT2D eigenvalue weighted by molar-refractivity contribution is 0.275. The number of benzene rings is 1. The van der Waals surface area contributed by atoms with Crippen molar-refractivity contribution in [2.45, 2.75) is 44.7 Å². The fourth-order valence-corrected chi connectivity index (χ4v) is 4.48. The molecule has 1 saturated heterocycles. The van der Waals surface area contributed by atoms with Gasteiger partial charge in [0, 0.05) is 43.3 Å². The molecule has 2 fully saturated rings. The van der Waals surface area contributed by atoms with Gasteiger partial charge in [-0.15, -0.1) is 0 Å². The van der Waals surface area contributed by atoms with Gasteiger partial charge in [0.1, 0.15) is 0 Å². The van der Waals surface area contributed by atoms with Crippen LogP contribution in [-0.2, 0) is 6.54 Å². The number of hydrogen-bond acceptors (Lipinski definition) is 5. The largest absolute Gasteiger partial charge is 0.352 e. The topological polar surface area (TPSA) is 78.6 Å². The van der Waals surface area contributed by atoms with Crippen molar-refractivity contribution < 1.29 is 4.52 Å². The number of halogens is 1. The first kappa shape index (κ1) is 20.2. The van der Waals surface area contributed by atoms with Gasteiger partial charge in [-0.05, 0) is 37.3 Å². The summed E-state index contributed by atoms with van der Waals surface area (Å²) in [4.78, 5) is 11.4. The maximum atomic E-state index is 6.04. The highest BCUT2D eigenvalue weighted by atomic mass is 35.5. The molecule has 1 atom stereocenters. The number of nitrogens with zero attached hydrogens (tertiary/aromatic N) is 4. The maximum absolute atomic E-state index is 6.04. The summed E-state index contributed by atoms with van der Waals surface area (Å²) in [5, 5.41) is 11.5. The molecule has 0 radical (unpaired) electrons. The highest BCUT2D eigenvalue weighted by Gasteiger charge is 2.26. The molecule has 0 amide bonds. The molecular formula is C21H29ClN6O. The third kappa shape index (κ3) is 5.48. The van der Waals surface area contributed by atoms with Crippen LogP contribution in [0.5, 0.6) is 0 Å². The standard InChI is InChI=1S/C21H29ClN6O/c1-23-21(25-18-9-10-28(14-18)13-15-5-2-3-6-15)24-12-19-26-20(27-29-19)16-7-4-8-17(22)11-16/h4,7-8,11,15,18H,2-3,5-6,9-10,12-14H2,1H3,(H2,23,24,25). The molecule has 7 nitrogen and oxygen atoms in total. The van der Waals surface area contributed by atoms with Crippen LogP contribution in [0, 0.1) is 5.92 Å². The van der Waals surface area contributed by atoms with E-state index >= 15 is 0 Å². The van der Waals surface area contributed by atoms with E-state index in [-0.39, 0.29) is 0 Å². The van der Waals surface area contributed by atoms with Gasteiger partial charge < -0.3 is 20.1 Å². The lowest BCUT2D eigenvalue weighted by Crippen LogP contribution is -2.44. The predicted molar refractivity (Wildman–Crippen MR) is 115 cm³/mol. The molecule has 1 aromatic heterocycles. The molecule has 156 valence electrons. The molecule has 29 heavy (non-hydrogen) atoms. The first-order valence-electron chi connectivity index (χ1n) is 10.5. The quantitative estimate of drug-likeness (QED) is 0.555. The van der Waals surface area contributed by atoms with Gasteiger partial charge in [-0.2, -0.15) is 4.98 Å². The lowest BCUT2D eigenvalue weighted by atomic mass is 10.1. The fraction of sp³-hybridized carbons (Fsp3) is 0.571. The number of hydrogen-bond donors (Lipinski definition) is 2. The van der Waals surface area contributed by atoms with Crippen LogP contribution in [0.15, 0.2) is 33.8 Å². The van der Waals surface area contributed by atoms with Crippen molar-refractivity contribution in [3.05, 3.63) is 35.2 Å². The van der Waals surface area contributed by atoms with Gasteiger partial charge in [-0.25, -0.2) is 0 Å². The summed E-state index contributed by atoms with van der Waals surface area (Å²) in [7, 11) is 1.78. The summed E-state index contributed by atoms with van der Waals surface area (Å²) in [6.45, 7) is 3.92. The Morgan fingerprint density at radius 1 is 1.31 bits per heavy atom. The first-order chi connectivity index (χ1) is 14.2. The van der Waals surface area contributed by atoms with E-state index in [2.05, 4.69) is 30.7 Å². The van der Waals surface area contributed by atoms with E-state index in [1.165, 1.54) is 32.2 Å². The highest BCUT2D eigenvalue weighted by molar-refractivity contribution is 6.30. The van der Waals surface area contributed by atoms with Crippen LogP contribution in [-0.4, -0.2) is 53.7 Å². The molecule has 2 aromatic rings. The van der Waals surface area contributed by atoms with E-state index in [1.54, 1.807) is 7.05 Å². The van der Waals surface area contributed by atoms with Crippen molar-refractivity contribution in [1.29, 1.82) is 0 Å². The van der Waals surface area contributed by atoms with Gasteiger partial charge in [0.25, 0.3) is 0 Å². The molecule has 8 heteroatoms. The molecular weight excluding hydrogens is 388 g/mol. The second-order valence-electron chi connectivity index (χ2n) is 7.99. The number of nitrogens with one attached hydrogen (secondary N) is 2. The zero-order valence-electron chi connectivity index (χ0n) is 16.9. The molecule has 2 N–H and O–H groups in total. The Kier molecular flexibility index (Phi) is 6.67. The summed E-state index contributed by atoms with van der Waals surface area (Å²) >= 11 is 6.04. The number of likely N-dealkylation sites (tertiary alicyclic amines) is 1. The molecule has 1 aliphatic heterocycles. The second kappa shape index (κ2) is 9.59. The molecule has 0 bridgehead atoms. The van der Waals surface area contributed by atoms with E-state index in [0.29, 0.717) is 29.3 Å². The Balaban J connectivity index is 1.25. The first-order valence-corrected chi connectivity index (χ1v) is 10.9. The molecule has 1 saturated carbocycles.